The second kappa shape index (κ2) is 5.51. The number of nitrogens with one attached hydrogen (secondary N) is 1. The van der Waals surface area contributed by atoms with Gasteiger partial charge in [0.2, 0.25) is 11.8 Å². The first-order valence-electron chi connectivity index (χ1n) is 7.36. The van der Waals surface area contributed by atoms with E-state index in [4.69, 9.17) is 0 Å². The van der Waals surface area contributed by atoms with E-state index in [1.165, 1.54) is 0 Å². The van der Waals surface area contributed by atoms with Crippen LogP contribution in [0.5, 0.6) is 0 Å². The van der Waals surface area contributed by atoms with Gasteiger partial charge in [0.1, 0.15) is 0 Å². The van der Waals surface area contributed by atoms with Gasteiger partial charge in [-0.1, -0.05) is 6.07 Å². The maximum Gasteiger partial charge on any atom is 0.227 e. The molecule has 2 amide bonds. The maximum absolute atomic E-state index is 12.2. The topological polar surface area (TPSA) is 49.4 Å². The van der Waals surface area contributed by atoms with Gasteiger partial charge in [-0.05, 0) is 57.9 Å². The highest BCUT2D eigenvalue weighted by Crippen LogP contribution is 2.27. The van der Waals surface area contributed by atoms with Crippen molar-refractivity contribution in [2.24, 2.45) is 5.92 Å². The molecule has 1 fully saturated rings. The number of benzene rings is 1. The van der Waals surface area contributed by atoms with Crippen molar-refractivity contribution in [3.63, 3.8) is 0 Å². The summed E-state index contributed by atoms with van der Waals surface area (Å²) in [7, 11) is 0. The molecule has 1 saturated heterocycles. The van der Waals surface area contributed by atoms with E-state index in [2.05, 4.69) is 11.4 Å². The normalized spacial score (nSPS) is 19.0. The quantitative estimate of drug-likeness (QED) is 0.909. The van der Waals surface area contributed by atoms with Gasteiger partial charge >= 0.3 is 0 Å². The molecule has 1 aromatic rings. The lowest BCUT2D eigenvalue weighted by Gasteiger charge is -2.23. The number of hydrogen-bond donors (Lipinski definition) is 1. The van der Waals surface area contributed by atoms with E-state index in [1.807, 2.05) is 46.8 Å². The van der Waals surface area contributed by atoms with Crippen LogP contribution in [0.25, 0.3) is 0 Å². The van der Waals surface area contributed by atoms with Crippen LogP contribution in [-0.4, -0.2) is 23.9 Å². The summed E-state index contributed by atoms with van der Waals surface area (Å²) in [6.07, 6.45) is 0.287. The minimum absolute atomic E-state index is 0.0223. The van der Waals surface area contributed by atoms with E-state index >= 15 is 0 Å². The van der Waals surface area contributed by atoms with Crippen LogP contribution in [0.15, 0.2) is 18.2 Å². The van der Waals surface area contributed by atoms with Crippen LogP contribution in [0.2, 0.25) is 0 Å². The van der Waals surface area contributed by atoms with Crippen molar-refractivity contribution in [2.45, 2.75) is 46.6 Å². The predicted octanol–water partition coefficient (Wildman–Crippen LogP) is 2.57. The highest BCUT2D eigenvalue weighted by atomic mass is 16.2. The fraction of sp³-hybridized carbons (Fsp3) is 0.529. The molecule has 0 bridgehead atoms. The Kier molecular flexibility index (Phi) is 4.08. The van der Waals surface area contributed by atoms with Gasteiger partial charge in [-0.2, -0.15) is 0 Å². The van der Waals surface area contributed by atoms with Crippen molar-refractivity contribution in [2.75, 3.05) is 11.4 Å². The van der Waals surface area contributed by atoms with Gasteiger partial charge in [0.15, 0.2) is 0 Å². The number of rotatable bonds is 2. The van der Waals surface area contributed by atoms with Gasteiger partial charge in [0.25, 0.3) is 0 Å². The summed E-state index contributed by atoms with van der Waals surface area (Å²) in [6.45, 7) is 10.3. The smallest absolute Gasteiger partial charge is 0.227 e. The van der Waals surface area contributed by atoms with E-state index in [0.717, 1.165) is 16.8 Å². The van der Waals surface area contributed by atoms with Gasteiger partial charge in [-0.25, -0.2) is 0 Å². The number of aryl methyl sites for hydroxylation is 2. The molecule has 1 aliphatic rings. The van der Waals surface area contributed by atoms with Crippen molar-refractivity contribution < 1.29 is 9.59 Å². The third-order valence-corrected chi connectivity index (χ3v) is 3.51. The number of nitrogens with zero attached hydrogens (tertiary/aromatic N) is 1. The SMILES string of the molecule is Cc1cc(C)cc(N2C[C@H](C(=O)NC(C)(C)C)CC2=O)c1. The second-order valence-electron chi connectivity index (χ2n) is 6.99. The van der Waals surface area contributed by atoms with Crippen LogP contribution < -0.4 is 10.2 Å². The van der Waals surface area contributed by atoms with Gasteiger partial charge in [-0.3, -0.25) is 9.59 Å². The standard InChI is InChI=1S/C17H24N2O2/c1-11-6-12(2)8-14(7-11)19-10-13(9-15(19)20)16(21)18-17(3,4)5/h6-8,13H,9-10H2,1-5H3,(H,18,21)/t13-/m1/s1. The molecule has 1 aromatic carbocycles. The van der Waals surface area contributed by atoms with Crippen LogP contribution in [0.1, 0.15) is 38.3 Å². The summed E-state index contributed by atoms with van der Waals surface area (Å²) in [5, 5.41) is 2.96. The zero-order valence-electron chi connectivity index (χ0n) is 13.5. The first-order valence-corrected chi connectivity index (χ1v) is 7.36. The summed E-state index contributed by atoms with van der Waals surface area (Å²) in [4.78, 5) is 26.2. The number of carbonyl (C=O) groups is 2. The first kappa shape index (κ1) is 15.5. The van der Waals surface area contributed by atoms with Crippen molar-refractivity contribution in [3.8, 4) is 0 Å². The van der Waals surface area contributed by atoms with Gasteiger partial charge in [0.05, 0.1) is 5.92 Å². The molecule has 1 N–H and O–H groups in total. The zero-order chi connectivity index (χ0) is 15.8. The van der Waals surface area contributed by atoms with Crippen LogP contribution in [0.4, 0.5) is 5.69 Å². The van der Waals surface area contributed by atoms with E-state index in [9.17, 15) is 9.59 Å². The molecule has 0 saturated carbocycles. The lowest BCUT2D eigenvalue weighted by Crippen LogP contribution is -2.44. The molecule has 0 aliphatic carbocycles. The average molecular weight is 288 g/mol. The monoisotopic (exact) mass is 288 g/mol. The van der Waals surface area contributed by atoms with Crippen molar-refractivity contribution in [1.29, 1.82) is 0 Å². The Balaban J connectivity index is 2.14. The molecular weight excluding hydrogens is 264 g/mol. The second-order valence-corrected chi connectivity index (χ2v) is 6.99. The van der Waals surface area contributed by atoms with Crippen LogP contribution >= 0.6 is 0 Å². The Morgan fingerprint density at radius 3 is 2.29 bits per heavy atom. The summed E-state index contributed by atoms with van der Waals surface area (Å²) in [6, 6.07) is 6.07. The number of carbonyl (C=O) groups excluding carboxylic acids is 2. The van der Waals surface area contributed by atoms with Crippen molar-refractivity contribution in [3.05, 3.63) is 29.3 Å². The lowest BCUT2D eigenvalue weighted by atomic mass is 10.0. The van der Waals surface area contributed by atoms with Gasteiger partial charge in [-0.15, -0.1) is 0 Å². The molecule has 1 aliphatic heterocycles. The molecule has 0 unspecified atom stereocenters. The summed E-state index contributed by atoms with van der Waals surface area (Å²) >= 11 is 0. The summed E-state index contributed by atoms with van der Waals surface area (Å²) < 4.78 is 0. The van der Waals surface area contributed by atoms with Crippen molar-refractivity contribution in [1.82, 2.24) is 5.32 Å². The van der Waals surface area contributed by atoms with E-state index in [1.54, 1.807) is 4.90 Å². The van der Waals surface area contributed by atoms with E-state index in [0.29, 0.717) is 6.54 Å². The molecule has 0 spiro atoms. The van der Waals surface area contributed by atoms with Crippen LogP contribution in [-0.2, 0) is 9.59 Å². The third kappa shape index (κ3) is 3.84. The lowest BCUT2D eigenvalue weighted by molar-refractivity contribution is -0.127. The Morgan fingerprint density at radius 1 is 1.19 bits per heavy atom. The fourth-order valence-corrected chi connectivity index (χ4v) is 2.71. The largest absolute Gasteiger partial charge is 0.351 e. The maximum atomic E-state index is 12.2. The Morgan fingerprint density at radius 2 is 1.76 bits per heavy atom. The molecule has 4 heteroatoms. The van der Waals surface area contributed by atoms with E-state index in [-0.39, 0.29) is 29.7 Å². The number of amides is 2. The molecule has 0 aromatic heterocycles. The Bertz CT molecular complexity index is 552. The van der Waals surface area contributed by atoms with Crippen LogP contribution in [0.3, 0.4) is 0 Å². The molecular formula is C17H24N2O2. The zero-order valence-corrected chi connectivity index (χ0v) is 13.5. The molecule has 1 heterocycles. The number of hydrogen-bond acceptors (Lipinski definition) is 2. The van der Waals surface area contributed by atoms with E-state index < -0.39 is 0 Å². The molecule has 4 nitrogen and oxygen atoms in total. The van der Waals surface area contributed by atoms with Gasteiger partial charge in [0, 0.05) is 24.2 Å². The Labute approximate surface area is 126 Å². The molecule has 1 atom stereocenters. The highest BCUT2D eigenvalue weighted by molar-refractivity contribution is 6.00. The molecule has 2 rings (SSSR count). The Hall–Kier alpha value is -1.84. The molecule has 114 valence electrons. The fourth-order valence-electron chi connectivity index (χ4n) is 2.71. The summed E-state index contributed by atoms with van der Waals surface area (Å²) in [5.41, 5.74) is 2.87. The predicted molar refractivity (Wildman–Crippen MR) is 84.3 cm³/mol. The average Bonchev–Trinajstić information content (AvgIpc) is 2.68. The first-order chi connectivity index (χ1) is 9.65. The minimum atomic E-state index is -0.270. The third-order valence-electron chi connectivity index (χ3n) is 3.51. The van der Waals surface area contributed by atoms with Crippen molar-refractivity contribution >= 4 is 17.5 Å². The van der Waals surface area contributed by atoms with Crippen LogP contribution in [0, 0.1) is 19.8 Å². The minimum Gasteiger partial charge on any atom is -0.351 e. The summed E-state index contributed by atoms with van der Waals surface area (Å²) in [5.74, 6) is -0.283. The highest BCUT2D eigenvalue weighted by Gasteiger charge is 2.36. The molecule has 21 heavy (non-hydrogen) atoms. The van der Waals surface area contributed by atoms with Gasteiger partial charge < -0.3 is 10.2 Å². The molecule has 0 radical (unpaired) electrons. The number of anilines is 1.